The molecule has 1 saturated heterocycles. The largest absolute Gasteiger partial charge is 0.497 e. The lowest BCUT2D eigenvalue weighted by Gasteiger charge is -2.28. The second-order valence-corrected chi connectivity index (χ2v) is 8.68. The van der Waals surface area contributed by atoms with Gasteiger partial charge in [0.15, 0.2) is 5.54 Å². The summed E-state index contributed by atoms with van der Waals surface area (Å²) in [6, 6.07) is 14.9. The lowest BCUT2D eigenvalue weighted by atomic mass is 9.82. The Labute approximate surface area is 220 Å². The minimum absolute atomic E-state index is 0.199. The monoisotopic (exact) mass is 547 g/mol. The highest BCUT2D eigenvalue weighted by atomic mass is 35.5. The van der Waals surface area contributed by atoms with Gasteiger partial charge >= 0.3 is 12.2 Å². The van der Waals surface area contributed by atoms with E-state index in [4.69, 9.17) is 21.1 Å². The fraction of sp³-hybridized carbons (Fsp3) is 0.192. The number of urea groups is 1. The molecule has 3 aromatic rings. The van der Waals surface area contributed by atoms with E-state index in [9.17, 15) is 27.6 Å². The van der Waals surface area contributed by atoms with Gasteiger partial charge in [-0.1, -0.05) is 35.9 Å². The summed E-state index contributed by atoms with van der Waals surface area (Å²) in [5.74, 6) is -0.593. The Morgan fingerprint density at radius 1 is 0.947 bits per heavy atom. The molecule has 0 radical (unpaired) electrons. The van der Waals surface area contributed by atoms with E-state index in [-0.39, 0.29) is 5.69 Å². The molecule has 38 heavy (non-hydrogen) atoms. The predicted molar refractivity (Wildman–Crippen MR) is 132 cm³/mol. The molecule has 1 aliphatic rings. The van der Waals surface area contributed by atoms with E-state index in [1.807, 2.05) is 0 Å². The van der Waals surface area contributed by atoms with Crippen molar-refractivity contribution >= 4 is 35.1 Å². The van der Waals surface area contributed by atoms with Crippen LogP contribution in [-0.4, -0.2) is 43.5 Å². The van der Waals surface area contributed by atoms with Gasteiger partial charge < -0.3 is 20.1 Å². The quantitative estimate of drug-likeness (QED) is 0.414. The highest BCUT2D eigenvalue weighted by molar-refractivity contribution is 6.31. The van der Waals surface area contributed by atoms with Gasteiger partial charge in [0.1, 0.15) is 18.0 Å². The first-order chi connectivity index (χ1) is 18.0. The zero-order chi connectivity index (χ0) is 27.7. The van der Waals surface area contributed by atoms with Crippen molar-refractivity contribution in [2.24, 2.45) is 0 Å². The number of nitrogens with zero attached hydrogens (tertiary/aromatic N) is 1. The van der Waals surface area contributed by atoms with Crippen LogP contribution in [0.25, 0.3) is 0 Å². The van der Waals surface area contributed by atoms with Crippen LogP contribution in [0.2, 0.25) is 5.02 Å². The molecule has 0 unspecified atom stereocenters. The molecule has 198 valence electrons. The van der Waals surface area contributed by atoms with Crippen LogP contribution in [0.1, 0.15) is 16.7 Å². The zero-order valence-corrected chi connectivity index (χ0v) is 20.8. The highest BCUT2D eigenvalue weighted by Gasteiger charge is 2.54. The number of carbonyl (C=O) groups is 3. The summed E-state index contributed by atoms with van der Waals surface area (Å²) in [6.07, 6.45) is -4.74. The topological polar surface area (TPSA) is 97.0 Å². The Hall–Kier alpha value is -4.25. The second-order valence-electron chi connectivity index (χ2n) is 8.27. The van der Waals surface area contributed by atoms with Crippen molar-refractivity contribution in [3.05, 3.63) is 88.4 Å². The number of imide groups is 1. The van der Waals surface area contributed by atoms with Gasteiger partial charge in [0.25, 0.3) is 5.91 Å². The Balaban J connectivity index is 1.65. The number of hydrogen-bond donors (Lipinski definition) is 2. The normalized spacial score (nSPS) is 14.7. The van der Waals surface area contributed by atoms with Crippen molar-refractivity contribution in [2.75, 3.05) is 26.1 Å². The first-order valence-electron chi connectivity index (χ1n) is 11.1. The van der Waals surface area contributed by atoms with E-state index in [0.717, 1.165) is 6.07 Å². The van der Waals surface area contributed by atoms with E-state index >= 15 is 0 Å². The molecule has 3 aromatic carbocycles. The van der Waals surface area contributed by atoms with Crippen molar-refractivity contribution in [3.8, 4) is 11.5 Å². The molecule has 1 heterocycles. The van der Waals surface area contributed by atoms with Crippen LogP contribution in [0, 0.1) is 0 Å². The highest BCUT2D eigenvalue weighted by Crippen LogP contribution is 2.38. The SMILES string of the molecule is COc1ccc(C2(c3ccc(OC)cc3)NC(=O)N(CC(=O)Nc3ccc(Cl)c(C(F)(F)F)c3)C2=O)cc1. The van der Waals surface area contributed by atoms with Gasteiger partial charge in [-0.3, -0.25) is 14.5 Å². The van der Waals surface area contributed by atoms with Crippen molar-refractivity contribution in [1.82, 2.24) is 10.2 Å². The van der Waals surface area contributed by atoms with Crippen LogP contribution in [0.5, 0.6) is 11.5 Å². The third-order valence-electron chi connectivity index (χ3n) is 6.01. The molecule has 4 amide bonds. The summed E-state index contributed by atoms with van der Waals surface area (Å²) in [5.41, 5.74) is -2.21. The Kier molecular flexibility index (Phi) is 7.23. The molecule has 0 aromatic heterocycles. The number of carbonyl (C=O) groups excluding carboxylic acids is 3. The number of ether oxygens (including phenoxy) is 2. The van der Waals surface area contributed by atoms with E-state index in [1.165, 1.54) is 20.3 Å². The summed E-state index contributed by atoms with van der Waals surface area (Å²) in [4.78, 5) is 40.2. The molecule has 0 bridgehead atoms. The standard InChI is InChI=1S/C26H21ClF3N3O5/c1-37-18-8-3-15(4-9-18)25(16-5-10-19(38-2)11-6-16)23(35)33(24(36)32-25)14-22(34)31-17-7-12-21(27)20(13-17)26(28,29)30/h3-13H,14H2,1-2H3,(H,31,34)(H,32,36). The number of anilines is 1. The molecule has 4 rings (SSSR count). The maximum Gasteiger partial charge on any atom is 0.417 e. The summed E-state index contributed by atoms with van der Waals surface area (Å²) < 4.78 is 49.9. The van der Waals surface area contributed by atoms with Gasteiger partial charge in [-0.25, -0.2) is 4.79 Å². The molecule has 1 fully saturated rings. The van der Waals surface area contributed by atoms with Crippen LogP contribution in [0.4, 0.5) is 23.7 Å². The molecule has 0 saturated carbocycles. The summed E-state index contributed by atoms with van der Waals surface area (Å²) in [5, 5.41) is 4.44. The van der Waals surface area contributed by atoms with E-state index in [1.54, 1.807) is 48.5 Å². The average Bonchev–Trinajstić information content (AvgIpc) is 3.14. The fourth-order valence-electron chi connectivity index (χ4n) is 4.12. The summed E-state index contributed by atoms with van der Waals surface area (Å²) >= 11 is 5.62. The molecular formula is C26H21ClF3N3O5. The number of halogens is 4. The van der Waals surface area contributed by atoms with Crippen LogP contribution in [0.3, 0.4) is 0 Å². The molecule has 12 heteroatoms. The number of methoxy groups -OCH3 is 2. The van der Waals surface area contributed by atoms with Crippen LogP contribution in [-0.2, 0) is 21.3 Å². The number of amides is 4. The lowest BCUT2D eigenvalue weighted by Crippen LogP contribution is -2.45. The smallest absolute Gasteiger partial charge is 0.417 e. The third kappa shape index (κ3) is 4.97. The number of benzene rings is 3. The molecule has 0 aliphatic carbocycles. The molecule has 0 spiro atoms. The lowest BCUT2D eigenvalue weighted by molar-refractivity contribution is -0.137. The van der Waals surface area contributed by atoms with Crippen molar-refractivity contribution in [2.45, 2.75) is 11.7 Å². The van der Waals surface area contributed by atoms with Crippen molar-refractivity contribution < 1.29 is 37.0 Å². The molecular weight excluding hydrogens is 527 g/mol. The van der Waals surface area contributed by atoms with E-state index in [0.29, 0.717) is 33.6 Å². The minimum Gasteiger partial charge on any atom is -0.497 e. The Morgan fingerprint density at radius 2 is 1.47 bits per heavy atom. The first-order valence-corrected chi connectivity index (χ1v) is 11.5. The Morgan fingerprint density at radius 3 is 1.95 bits per heavy atom. The number of nitrogens with one attached hydrogen (secondary N) is 2. The third-order valence-corrected chi connectivity index (χ3v) is 6.34. The minimum atomic E-state index is -4.74. The van der Waals surface area contributed by atoms with Crippen molar-refractivity contribution in [1.29, 1.82) is 0 Å². The number of rotatable bonds is 7. The average molecular weight is 548 g/mol. The van der Waals surface area contributed by atoms with Gasteiger partial charge in [-0.2, -0.15) is 13.2 Å². The van der Waals surface area contributed by atoms with E-state index in [2.05, 4.69) is 10.6 Å². The van der Waals surface area contributed by atoms with Crippen LogP contribution in [0.15, 0.2) is 66.7 Å². The van der Waals surface area contributed by atoms with Gasteiger partial charge in [0, 0.05) is 5.69 Å². The number of hydrogen-bond acceptors (Lipinski definition) is 5. The molecule has 1 aliphatic heterocycles. The maximum absolute atomic E-state index is 13.8. The second kappa shape index (κ2) is 10.3. The van der Waals surface area contributed by atoms with Crippen LogP contribution < -0.4 is 20.1 Å². The number of alkyl halides is 3. The van der Waals surface area contributed by atoms with Crippen molar-refractivity contribution in [3.63, 3.8) is 0 Å². The van der Waals surface area contributed by atoms with Gasteiger partial charge in [-0.05, 0) is 53.6 Å². The Bertz CT molecular complexity index is 1330. The van der Waals surface area contributed by atoms with Crippen LogP contribution >= 0.6 is 11.6 Å². The fourth-order valence-corrected chi connectivity index (χ4v) is 4.35. The first kappa shape index (κ1) is 26.8. The van der Waals surface area contributed by atoms with Gasteiger partial charge in [-0.15, -0.1) is 0 Å². The molecule has 8 nitrogen and oxygen atoms in total. The van der Waals surface area contributed by atoms with Gasteiger partial charge in [0.2, 0.25) is 5.91 Å². The summed E-state index contributed by atoms with van der Waals surface area (Å²) in [7, 11) is 2.96. The summed E-state index contributed by atoms with van der Waals surface area (Å²) in [6.45, 7) is -0.747. The molecule has 2 N–H and O–H groups in total. The van der Waals surface area contributed by atoms with Gasteiger partial charge in [0.05, 0.1) is 24.8 Å². The molecule has 0 atom stereocenters. The predicted octanol–water partition coefficient (Wildman–Crippen LogP) is 4.81. The maximum atomic E-state index is 13.8. The zero-order valence-electron chi connectivity index (χ0n) is 20.1. The van der Waals surface area contributed by atoms with E-state index < -0.39 is 46.7 Å².